The molecule has 0 bridgehead atoms. The number of carbonyl (C=O) groups is 1. The molecule has 0 unspecified atom stereocenters. The molecule has 0 aromatic heterocycles. The van der Waals surface area contributed by atoms with Crippen molar-refractivity contribution in [1.82, 2.24) is 3.88 Å². The minimum atomic E-state index is 0.171. The van der Waals surface area contributed by atoms with Gasteiger partial charge in [0.05, 0.1) is 0 Å². The molecule has 0 rings (SSSR count). The molecule has 0 atom stereocenters. The van der Waals surface area contributed by atoms with Gasteiger partial charge in [0.25, 0.3) is 0 Å². The van der Waals surface area contributed by atoms with Crippen molar-refractivity contribution < 1.29 is 24.9 Å². The average Bonchev–Trinajstić information content (AvgIpc) is 2.43. The molecular weight excluding hydrogens is 417 g/mol. The van der Waals surface area contributed by atoms with E-state index < -0.39 is 0 Å². The molecule has 1 N–H and O–H groups in total. The van der Waals surface area contributed by atoms with E-state index in [9.17, 15) is 4.79 Å². The van der Waals surface area contributed by atoms with Crippen LogP contribution >= 0.6 is 0 Å². The molecule has 0 heterocycles. The summed E-state index contributed by atoms with van der Waals surface area (Å²) in [7, 11) is 0. The van der Waals surface area contributed by atoms with Gasteiger partial charge < -0.3 is 0 Å². The van der Waals surface area contributed by atoms with Gasteiger partial charge in [-0.1, -0.05) is 32.6 Å². The standard InChI is InChI=1S/C16H33NO.Pt/c1-2-3-4-5-6-7-8-9-10-11-12-13-14-15-16(17)18;/h2-15H2,1H3,(H2,17,18);/q;+1/p-1. The number of rotatable bonds is 14. The predicted octanol–water partition coefficient (Wildman–Crippen LogP) is 5.05. The number of amides is 1. The molecule has 0 aromatic carbocycles. The van der Waals surface area contributed by atoms with Crippen LogP contribution in [0, 0.1) is 0 Å². The number of unbranched alkanes of at least 4 members (excludes halogenated alkanes) is 12. The van der Waals surface area contributed by atoms with E-state index in [1.165, 1.54) is 77.0 Å². The quantitative estimate of drug-likeness (QED) is 0.370. The first-order valence-electron chi connectivity index (χ1n) is 8.17. The SMILES string of the molecule is CCCCCCCCCCCCCCCC(=O)[NH][Pt]. The molecule has 0 saturated carbocycles. The first-order valence-corrected chi connectivity index (χ1v) is 9.31. The van der Waals surface area contributed by atoms with Crippen LogP contribution in [0.5, 0.6) is 0 Å². The van der Waals surface area contributed by atoms with E-state index in [0.717, 1.165) is 6.42 Å². The Hall–Kier alpha value is 0.158. The molecule has 0 aliphatic carbocycles. The zero-order valence-electron chi connectivity index (χ0n) is 12.6. The van der Waals surface area contributed by atoms with Gasteiger partial charge in [0.15, 0.2) is 0 Å². The molecule has 0 aliphatic rings. The van der Waals surface area contributed by atoms with Crippen LogP contribution in [0.3, 0.4) is 0 Å². The van der Waals surface area contributed by atoms with Crippen LogP contribution in [0.1, 0.15) is 96.8 Å². The average molecular weight is 450 g/mol. The third-order valence-electron chi connectivity index (χ3n) is 3.60. The van der Waals surface area contributed by atoms with Crippen molar-refractivity contribution in [3.8, 4) is 0 Å². The van der Waals surface area contributed by atoms with Gasteiger partial charge in [-0.15, -0.1) is 0 Å². The molecule has 0 aliphatic heterocycles. The Balaban J connectivity index is 2.97. The Morgan fingerprint density at radius 1 is 0.737 bits per heavy atom. The van der Waals surface area contributed by atoms with Crippen LogP contribution in [-0.2, 0) is 24.9 Å². The van der Waals surface area contributed by atoms with Gasteiger partial charge >= 0.3 is 98.9 Å². The van der Waals surface area contributed by atoms with Gasteiger partial charge in [-0.05, 0) is 0 Å². The van der Waals surface area contributed by atoms with E-state index >= 15 is 0 Å². The summed E-state index contributed by atoms with van der Waals surface area (Å²) >= 11 is 1.90. The van der Waals surface area contributed by atoms with Crippen molar-refractivity contribution >= 4 is 5.91 Å². The van der Waals surface area contributed by atoms with Crippen molar-refractivity contribution in [2.24, 2.45) is 0 Å². The summed E-state index contributed by atoms with van der Waals surface area (Å²) < 4.78 is 2.64. The molecule has 19 heavy (non-hydrogen) atoms. The summed E-state index contributed by atoms with van der Waals surface area (Å²) in [5.41, 5.74) is 0. The maximum atomic E-state index is 11.0. The molecule has 2 nitrogen and oxygen atoms in total. The molecule has 0 spiro atoms. The van der Waals surface area contributed by atoms with Crippen molar-refractivity contribution in [1.29, 1.82) is 0 Å². The summed E-state index contributed by atoms with van der Waals surface area (Å²) in [6, 6.07) is 0. The maximum absolute atomic E-state index is 11.0. The second-order valence-corrected chi connectivity index (χ2v) is 6.06. The summed E-state index contributed by atoms with van der Waals surface area (Å²) in [5, 5.41) is 0. The van der Waals surface area contributed by atoms with E-state index in [2.05, 4.69) is 10.8 Å². The van der Waals surface area contributed by atoms with E-state index in [-0.39, 0.29) is 5.91 Å². The minimum absolute atomic E-state index is 0.171. The molecule has 117 valence electrons. The van der Waals surface area contributed by atoms with Gasteiger partial charge in [-0.3, -0.25) is 0 Å². The molecule has 0 fully saturated rings. The van der Waals surface area contributed by atoms with E-state index in [0.29, 0.717) is 6.42 Å². The summed E-state index contributed by atoms with van der Waals surface area (Å²) in [4.78, 5) is 11.0. The summed E-state index contributed by atoms with van der Waals surface area (Å²) in [5.74, 6) is 0.171. The first-order chi connectivity index (χ1) is 9.31. The van der Waals surface area contributed by atoms with Crippen molar-refractivity contribution in [2.75, 3.05) is 0 Å². The molecule has 1 amide bonds. The van der Waals surface area contributed by atoms with Crippen LogP contribution < -0.4 is 3.88 Å². The number of hydrogen-bond donors (Lipinski definition) is 1. The van der Waals surface area contributed by atoms with Gasteiger partial charge in [0.2, 0.25) is 0 Å². The zero-order valence-corrected chi connectivity index (χ0v) is 14.9. The van der Waals surface area contributed by atoms with Crippen LogP contribution in [0.15, 0.2) is 0 Å². The zero-order chi connectivity index (χ0) is 14.2. The fourth-order valence-electron chi connectivity index (χ4n) is 2.34. The predicted molar refractivity (Wildman–Crippen MR) is 78.5 cm³/mol. The van der Waals surface area contributed by atoms with E-state index in [1.54, 1.807) is 0 Å². The summed E-state index contributed by atoms with van der Waals surface area (Å²) in [6.07, 6.45) is 18.3. The fourth-order valence-corrected chi connectivity index (χ4v) is 2.63. The van der Waals surface area contributed by atoms with Gasteiger partial charge in [0, 0.05) is 0 Å². The molecule has 0 aromatic rings. The van der Waals surface area contributed by atoms with E-state index in [4.69, 9.17) is 0 Å². The van der Waals surface area contributed by atoms with Crippen LogP contribution in [-0.4, -0.2) is 5.91 Å². The summed E-state index contributed by atoms with van der Waals surface area (Å²) in [6.45, 7) is 2.27. The van der Waals surface area contributed by atoms with Crippen LogP contribution in [0.2, 0.25) is 0 Å². The monoisotopic (exact) mass is 449 g/mol. The Morgan fingerprint density at radius 2 is 1.11 bits per heavy atom. The molecule has 3 heteroatoms. The molecule has 0 saturated heterocycles. The Morgan fingerprint density at radius 3 is 1.47 bits per heavy atom. The number of hydrogen-bond acceptors (Lipinski definition) is 1. The fraction of sp³-hybridized carbons (Fsp3) is 0.938. The normalized spacial score (nSPS) is 10.7. The van der Waals surface area contributed by atoms with E-state index in [1.807, 2.05) is 20.1 Å². The molecule has 0 radical (unpaired) electrons. The topological polar surface area (TPSA) is 29.1 Å². The second-order valence-electron chi connectivity index (χ2n) is 5.49. The van der Waals surface area contributed by atoms with Crippen molar-refractivity contribution in [3.63, 3.8) is 0 Å². The van der Waals surface area contributed by atoms with Crippen LogP contribution in [0.25, 0.3) is 0 Å². The molecular formula is C16H32NOPt. The Kier molecular flexibility index (Phi) is 16.3. The third kappa shape index (κ3) is 16.1. The van der Waals surface area contributed by atoms with Gasteiger partial charge in [-0.25, -0.2) is 0 Å². The Bertz CT molecular complexity index is 197. The van der Waals surface area contributed by atoms with Gasteiger partial charge in [0.1, 0.15) is 0 Å². The third-order valence-corrected chi connectivity index (χ3v) is 4.23. The van der Waals surface area contributed by atoms with Crippen molar-refractivity contribution in [2.45, 2.75) is 96.8 Å². The first kappa shape index (κ1) is 19.2. The Labute approximate surface area is 131 Å². The van der Waals surface area contributed by atoms with Crippen LogP contribution in [0.4, 0.5) is 0 Å². The van der Waals surface area contributed by atoms with Crippen molar-refractivity contribution in [3.05, 3.63) is 0 Å². The second kappa shape index (κ2) is 16.2. The number of nitrogens with one attached hydrogen (secondary N) is 1. The van der Waals surface area contributed by atoms with Gasteiger partial charge in [-0.2, -0.15) is 0 Å². The number of carbonyl (C=O) groups excluding carboxylic acids is 1.